The molecule has 0 bridgehead atoms. The second-order valence-electron chi connectivity index (χ2n) is 7.93. The summed E-state index contributed by atoms with van der Waals surface area (Å²) in [6.45, 7) is 9.42. The van der Waals surface area contributed by atoms with E-state index in [1.54, 1.807) is 0 Å². The topological polar surface area (TPSA) is 6.48 Å². The Labute approximate surface area is 159 Å². The van der Waals surface area contributed by atoms with E-state index in [0.29, 0.717) is 6.17 Å². The standard InChI is InChI=1S/C23H46N2/c1-4-7-10-13-16-19-24-21-22-25(20-17-14-11-8-5-2)23(24)18-15-12-9-6-3/h21-23H,4-20H2,1-3H3. The summed E-state index contributed by atoms with van der Waals surface area (Å²) in [5.41, 5.74) is 0. The first kappa shape index (κ1) is 22.4. The fourth-order valence-electron chi connectivity index (χ4n) is 3.89. The summed E-state index contributed by atoms with van der Waals surface area (Å²) >= 11 is 0. The first-order valence-electron chi connectivity index (χ1n) is 11.5. The van der Waals surface area contributed by atoms with Gasteiger partial charge in [0.15, 0.2) is 0 Å². The van der Waals surface area contributed by atoms with Crippen molar-refractivity contribution in [1.82, 2.24) is 9.80 Å². The van der Waals surface area contributed by atoms with Crippen LogP contribution in [0.2, 0.25) is 0 Å². The van der Waals surface area contributed by atoms with Crippen molar-refractivity contribution >= 4 is 0 Å². The van der Waals surface area contributed by atoms with Gasteiger partial charge in [0, 0.05) is 25.5 Å². The van der Waals surface area contributed by atoms with E-state index >= 15 is 0 Å². The Morgan fingerprint density at radius 1 is 0.520 bits per heavy atom. The van der Waals surface area contributed by atoms with Crippen LogP contribution in [0.1, 0.15) is 117 Å². The minimum Gasteiger partial charge on any atom is -0.356 e. The molecule has 2 nitrogen and oxygen atoms in total. The van der Waals surface area contributed by atoms with Gasteiger partial charge in [0.05, 0.1) is 0 Å². The fourth-order valence-corrected chi connectivity index (χ4v) is 3.89. The van der Waals surface area contributed by atoms with Crippen LogP contribution in [-0.2, 0) is 0 Å². The van der Waals surface area contributed by atoms with Crippen molar-refractivity contribution in [3.8, 4) is 0 Å². The summed E-state index contributed by atoms with van der Waals surface area (Å²) < 4.78 is 0. The van der Waals surface area contributed by atoms with Gasteiger partial charge in [0.1, 0.15) is 6.17 Å². The Morgan fingerprint density at radius 3 is 1.36 bits per heavy atom. The van der Waals surface area contributed by atoms with Gasteiger partial charge >= 0.3 is 0 Å². The van der Waals surface area contributed by atoms with Crippen molar-refractivity contribution in [2.75, 3.05) is 13.1 Å². The Bertz CT molecular complexity index is 289. The van der Waals surface area contributed by atoms with E-state index in [1.165, 1.54) is 109 Å². The fraction of sp³-hybridized carbons (Fsp3) is 0.913. The van der Waals surface area contributed by atoms with Gasteiger partial charge in [-0.05, 0) is 25.7 Å². The number of hydrogen-bond donors (Lipinski definition) is 0. The van der Waals surface area contributed by atoms with Crippen LogP contribution in [0, 0.1) is 0 Å². The SMILES string of the molecule is CCCCCCCN1C=CN(CCCCCCC)C1CCCCCC. The van der Waals surface area contributed by atoms with Crippen molar-refractivity contribution in [2.24, 2.45) is 0 Å². The normalized spacial score (nSPS) is 14.8. The number of rotatable bonds is 17. The maximum absolute atomic E-state index is 2.64. The molecule has 0 aromatic carbocycles. The maximum Gasteiger partial charge on any atom is 0.101 e. The van der Waals surface area contributed by atoms with Gasteiger partial charge in [-0.2, -0.15) is 0 Å². The smallest absolute Gasteiger partial charge is 0.101 e. The van der Waals surface area contributed by atoms with Crippen LogP contribution >= 0.6 is 0 Å². The zero-order valence-corrected chi connectivity index (χ0v) is 17.6. The lowest BCUT2D eigenvalue weighted by atomic mass is 10.1. The van der Waals surface area contributed by atoms with Gasteiger partial charge < -0.3 is 9.80 Å². The Kier molecular flexibility index (Phi) is 14.0. The van der Waals surface area contributed by atoms with Crippen LogP contribution in [0.5, 0.6) is 0 Å². The summed E-state index contributed by atoms with van der Waals surface area (Å²) in [7, 11) is 0. The maximum atomic E-state index is 2.64. The highest BCUT2D eigenvalue weighted by Gasteiger charge is 2.24. The number of hydrogen-bond acceptors (Lipinski definition) is 2. The zero-order chi connectivity index (χ0) is 18.2. The Balaban J connectivity index is 2.33. The molecule has 0 unspecified atom stereocenters. The molecule has 1 heterocycles. The van der Waals surface area contributed by atoms with Crippen LogP contribution in [-0.4, -0.2) is 29.1 Å². The van der Waals surface area contributed by atoms with Crippen LogP contribution < -0.4 is 0 Å². The molecule has 1 aliphatic rings. The van der Waals surface area contributed by atoms with Crippen LogP contribution in [0.4, 0.5) is 0 Å². The van der Waals surface area contributed by atoms with E-state index < -0.39 is 0 Å². The van der Waals surface area contributed by atoms with Gasteiger partial charge in [0.25, 0.3) is 0 Å². The summed E-state index contributed by atoms with van der Waals surface area (Å²) in [4.78, 5) is 5.29. The molecular weight excluding hydrogens is 304 g/mol. The van der Waals surface area contributed by atoms with Crippen molar-refractivity contribution in [3.63, 3.8) is 0 Å². The average molecular weight is 351 g/mol. The molecule has 25 heavy (non-hydrogen) atoms. The third-order valence-corrected chi connectivity index (χ3v) is 5.57. The highest BCUT2D eigenvalue weighted by molar-refractivity contribution is 4.96. The molecule has 0 saturated carbocycles. The zero-order valence-electron chi connectivity index (χ0n) is 17.6. The molecule has 0 amide bonds. The average Bonchev–Trinajstić information content (AvgIpc) is 3.00. The van der Waals surface area contributed by atoms with Gasteiger partial charge in [-0.15, -0.1) is 0 Å². The van der Waals surface area contributed by atoms with Crippen LogP contribution in [0.3, 0.4) is 0 Å². The number of nitrogens with zero attached hydrogens (tertiary/aromatic N) is 2. The van der Waals surface area contributed by atoms with E-state index in [-0.39, 0.29) is 0 Å². The third-order valence-electron chi connectivity index (χ3n) is 5.57. The molecule has 0 atom stereocenters. The largest absolute Gasteiger partial charge is 0.356 e. The van der Waals surface area contributed by atoms with Crippen LogP contribution in [0.15, 0.2) is 12.4 Å². The Hall–Kier alpha value is -0.660. The third kappa shape index (κ3) is 10.2. The monoisotopic (exact) mass is 350 g/mol. The first-order valence-corrected chi connectivity index (χ1v) is 11.5. The van der Waals surface area contributed by atoms with Crippen LogP contribution in [0.25, 0.3) is 0 Å². The van der Waals surface area contributed by atoms with E-state index in [9.17, 15) is 0 Å². The highest BCUT2D eigenvalue weighted by atomic mass is 15.4. The molecule has 0 fully saturated rings. The molecule has 0 spiro atoms. The molecule has 148 valence electrons. The van der Waals surface area contributed by atoms with E-state index in [0.717, 1.165) is 0 Å². The van der Waals surface area contributed by atoms with E-state index in [1.807, 2.05) is 0 Å². The summed E-state index contributed by atoms with van der Waals surface area (Å²) in [5.74, 6) is 0. The van der Waals surface area contributed by atoms with Crippen molar-refractivity contribution in [2.45, 2.75) is 123 Å². The van der Waals surface area contributed by atoms with Gasteiger partial charge in [-0.25, -0.2) is 0 Å². The Morgan fingerprint density at radius 2 is 0.920 bits per heavy atom. The lowest BCUT2D eigenvalue weighted by Gasteiger charge is -2.33. The molecule has 0 aliphatic carbocycles. The molecular formula is C23H46N2. The lowest BCUT2D eigenvalue weighted by molar-refractivity contribution is 0.135. The highest BCUT2D eigenvalue weighted by Crippen LogP contribution is 2.23. The van der Waals surface area contributed by atoms with E-state index in [4.69, 9.17) is 0 Å². The van der Waals surface area contributed by atoms with Crippen molar-refractivity contribution in [3.05, 3.63) is 12.4 Å². The molecule has 0 radical (unpaired) electrons. The van der Waals surface area contributed by atoms with Gasteiger partial charge in [-0.3, -0.25) is 0 Å². The minimum absolute atomic E-state index is 0.647. The lowest BCUT2D eigenvalue weighted by Crippen LogP contribution is -2.39. The van der Waals surface area contributed by atoms with Crippen molar-refractivity contribution in [1.29, 1.82) is 0 Å². The molecule has 0 saturated heterocycles. The predicted molar refractivity (Wildman–Crippen MR) is 113 cm³/mol. The second kappa shape index (κ2) is 15.6. The minimum atomic E-state index is 0.647. The summed E-state index contributed by atoms with van der Waals surface area (Å²) in [6.07, 6.45) is 26.1. The second-order valence-corrected chi connectivity index (χ2v) is 7.93. The quantitative estimate of drug-likeness (QED) is 0.254. The summed E-state index contributed by atoms with van der Waals surface area (Å²) in [6, 6.07) is 0. The number of unbranched alkanes of at least 4 members (excludes halogenated alkanes) is 11. The molecule has 1 rings (SSSR count). The van der Waals surface area contributed by atoms with E-state index in [2.05, 4.69) is 43.0 Å². The molecule has 0 N–H and O–H groups in total. The van der Waals surface area contributed by atoms with Gasteiger partial charge in [0.2, 0.25) is 0 Å². The molecule has 0 aromatic rings. The van der Waals surface area contributed by atoms with Crippen molar-refractivity contribution < 1.29 is 0 Å². The van der Waals surface area contributed by atoms with Gasteiger partial charge in [-0.1, -0.05) is 91.4 Å². The molecule has 0 aromatic heterocycles. The molecule has 2 heteroatoms. The predicted octanol–water partition coefficient (Wildman–Crippen LogP) is 7.31. The first-order chi connectivity index (χ1) is 12.3. The summed E-state index contributed by atoms with van der Waals surface area (Å²) in [5, 5.41) is 0. The molecule has 1 aliphatic heterocycles.